The van der Waals surface area contributed by atoms with E-state index >= 15 is 0 Å². The van der Waals surface area contributed by atoms with Crippen molar-refractivity contribution in [3.63, 3.8) is 0 Å². The molecule has 0 aliphatic carbocycles. The second kappa shape index (κ2) is 6.10. The van der Waals surface area contributed by atoms with Gasteiger partial charge in [-0.3, -0.25) is 5.32 Å². The third kappa shape index (κ3) is 3.50. The molecule has 1 atom stereocenters. The van der Waals surface area contributed by atoms with E-state index < -0.39 is 11.4 Å². The molecule has 0 fully saturated rings. The van der Waals surface area contributed by atoms with Gasteiger partial charge < -0.3 is 4.74 Å². The first-order valence-electron chi connectivity index (χ1n) is 5.14. The van der Waals surface area contributed by atoms with E-state index in [1.54, 1.807) is 26.2 Å². The van der Waals surface area contributed by atoms with Crippen LogP contribution in [0, 0.1) is 17.1 Å². The predicted octanol–water partition coefficient (Wildman–Crippen LogP) is 2.56. The number of halogens is 2. The molecule has 0 saturated heterocycles. The highest BCUT2D eigenvalue weighted by atomic mass is 79.9. The highest BCUT2D eigenvalue weighted by molar-refractivity contribution is 9.10. The van der Waals surface area contributed by atoms with Crippen LogP contribution in [0.2, 0.25) is 0 Å². The Kier molecular flexibility index (Phi) is 5.06. The molecule has 0 saturated carbocycles. The van der Waals surface area contributed by atoms with Gasteiger partial charge in [-0.1, -0.05) is 22.0 Å². The Bertz CT molecular complexity index is 433. The molecule has 1 aromatic carbocycles. The molecule has 0 amide bonds. The lowest BCUT2D eigenvalue weighted by Gasteiger charge is -2.24. The Labute approximate surface area is 109 Å². The molecule has 0 bridgehead atoms. The van der Waals surface area contributed by atoms with Crippen molar-refractivity contribution in [1.82, 2.24) is 5.32 Å². The van der Waals surface area contributed by atoms with Crippen LogP contribution in [-0.2, 0) is 10.3 Å². The van der Waals surface area contributed by atoms with Gasteiger partial charge in [0.1, 0.15) is 11.4 Å². The van der Waals surface area contributed by atoms with Crippen LogP contribution < -0.4 is 5.32 Å². The third-order valence-electron chi connectivity index (χ3n) is 2.48. The molecular formula is C12H14BrFN2O. The van der Waals surface area contributed by atoms with Gasteiger partial charge in [-0.2, -0.15) is 5.26 Å². The van der Waals surface area contributed by atoms with Gasteiger partial charge in [-0.05, 0) is 19.1 Å². The topological polar surface area (TPSA) is 45.0 Å². The molecular weight excluding hydrogens is 287 g/mol. The molecule has 3 nitrogen and oxygen atoms in total. The molecule has 0 radical (unpaired) electrons. The summed E-state index contributed by atoms with van der Waals surface area (Å²) >= 11 is 3.19. The van der Waals surface area contributed by atoms with Crippen molar-refractivity contribution in [3.8, 4) is 6.07 Å². The lowest BCUT2D eigenvalue weighted by Crippen LogP contribution is -2.40. The molecule has 1 N–H and O–H groups in total. The van der Waals surface area contributed by atoms with Gasteiger partial charge in [-0.25, -0.2) is 4.39 Å². The molecule has 0 aliphatic rings. The second-order valence-electron chi connectivity index (χ2n) is 3.78. The minimum atomic E-state index is -1.05. The van der Waals surface area contributed by atoms with Crippen LogP contribution in [0.3, 0.4) is 0 Å². The molecule has 92 valence electrons. The SMILES string of the molecule is COCCNC(C)(C#N)c1ccc(Br)cc1F. The van der Waals surface area contributed by atoms with Crippen LogP contribution in [-0.4, -0.2) is 20.3 Å². The van der Waals surface area contributed by atoms with Crippen molar-refractivity contribution < 1.29 is 9.13 Å². The molecule has 1 rings (SSSR count). The van der Waals surface area contributed by atoms with Crippen LogP contribution >= 0.6 is 15.9 Å². The van der Waals surface area contributed by atoms with E-state index in [4.69, 9.17) is 4.74 Å². The minimum absolute atomic E-state index is 0.333. The standard InChI is InChI=1S/C12H14BrFN2O/c1-12(8-15,16-5-6-17-2)10-4-3-9(13)7-11(10)14/h3-4,7,16H,5-6H2,1-2H3. The molecule has 1 unspecified atom stereocenters. The van der Waals surface area contributed by atoms with Crippen molar-refractivity contribution in [2.75, 3.05) is 20.3 Å². The van der Waals surface area contributed by atoms with Crippen LogP contribution in [0.1, 0.15) is 12.5 Å². The van der Waals surface area contributed by atoms with Crippen LogP contribution in [0.5, 0.6) is 0 Å². The Hall–Kier alpha value is -0.960. The fourth-order valence-corrected chi connectivity index (χ4v) is 1.83. The van der Waals surface area contributed by atoms with Crippen molar-refractivity contribution in [3.05, 3.63) is 34.1 Å². The van der Waals surface area contributed by atoms with E-state index in [0.29, 0.717) is 23.2 Å². The molecule has 0 heterocycles. The van der Waals surface area contributed by atoms with E-state index in [0.717, 1.165) is 0 Å². The fourth-order valence-electron chi connectivity index (χ4n) is 1.49. The van der Waals surface area contributed by atoms with Gasteiger partial charge in [0, 0.05) is 23.7 Å². The first-order chi connectivity index (χ1) is 8.03. The minimum Gasteiger partial charge on any atom is -0.383 e. The van der Waals surface area contributed by atoms with Gasteiger partial charge in [0.2, 0.25) is 0 Å². The number of nitrogens with zero attached hydrogens (tertiary/aromatic N) is 1. The number of ether oxygens (including phenoxy) is 1. The molecule has 5 heteroatoms. The summed E-state index contributed by atoms with van der Waals surface area (Å²) in [4.78, 5) is 0. The summed E-state index contributed by atoms with van der Waals surface area (Å²) in [5, 5.41) is 12.2. The first-order valence-corrected chi connectivity index (χ1v) is 5.93. The normalized spacial score (nSPS) is 14.1. The van der Waals surface area contributed by atoms with Crippen molar-refractivity contribution in [1.29, 1.82) is 5.26 Å². The highest BCUT2D eigenvalue weighted by Gasteiger charge is 2.28. The Morgan fingerprint density at radius 2 is 2.29 bits per heavy atom. The highest BCUT2D eigenvalue weighted by Crippen LogP contribution is 2.25. The Balaban J connectivity index is 2.96. The zero-order valence-corrected chi connectivity index (χ0v) is 11.3. The van der Waals surface area contributed by atoms with E-state index in [-0.39, 0.29) is 0 Å². The van der Waals surface area contributed by atoms with E-state index in [9.17, 15) is 9.65 Å². The molecule has 0 spiro atoms. The largest absolute Gasteiger partial charge is 0.383 e. The third-order valence-corrected chi connectivity index (χ3v) is 2.97. The smallest absolute Gasteiger partial charge is 0.132 e. The first kappa shape index (κ1) is 14.1. The Morgan fingerprint density at radius 3 is 2.82 bits per heavy atom. The number of benzene rings is 1. The maximum Gasteiger partial charge on any atom is 0.132 e. The number of hydrogen-bond donors (Lipinski definition) is 1. The van der Waals surface area contributed by atoms with Gasteiger partial charge in [0.05, 0.1) is 12.7 Å². The van der Waals surface area contributed by atoms with Gasteiger partial charge in [-0.15, -0.1) is 0 Å². The second-order valence-corrected chi connectivity index (χ2v) is 4.70. The maximum absolute atomic E-state index is 13.8. The van der Waals surface area contributed by atoms with Crippen molar-refractivity contribution in [2.24, 2.45) is 0 Å². The summed E-state index contributed by atoms with van der Waals surface area (Å²) in [6, 6.07) is 6.76. The lowest BCUT2D eigenvalue weighted by molar-refractivity contribution is 0.192. The summed E-state index contributed by atoms with van der Waals surface area (Å²) in [5.41, 5.74) is -0.720. The monoisotopic (exact) mass is 300 g/mol. The number of methoxy groups -OCH3 is 1. The number of rotatable bonds is 5. The molecule has 0 aliphatic heterocycles. The van der Waals surface area contributed by atoms with Crippen molar-refractivity contribution in [2.45, 2.75) is 12.5 Å². The lowest BCUT2D eigenvalue weighted by atomic mass is 9.93. The zero-order valence-electron chi connectivity index (χ0n) is 9.76. The summed E-state index contributed by atoms with van der Waals surface area (Å²) in [5.74, 6) is -0.409. The van der Waals surface area contributed by atoms with E-state index in [1.165, 1.54) is 6.07 Å². The fraction of sp³-hybridized carbons (Fsp3) is 0.417. The van der Waals surface area contributed by atoms with Gasteiger partial charge in [0.15, 0.2) is 0 Å². The van der Waals surface area contributed by atoms with Crippen molar-refractivity contribution >= 4 is 15.9 Å². The van der Waals surface area contributed by atoms with E-state index in [2.05, 4.69) is 27.3 Å². The Morgan fingerprint density at radius 1 is 1.59 bits per heavy atom. The predicted molar refractivity (Wildman–Crippen MR) is 66.9 cm³/mol. The summed E-state index contributed by atoms with van der Waals surface area (Å²) in [6.07, 6.45) is 0. The molecule has 17 heavy (non-hydrogen) atoms. The molecule has 1 aromatic rings. The number of nitriles is 1. The number of hydrogen-bond acceptors (Lipinski definition) is 3. The van der Waals surface area contributed by atoms with Crippen LogP contribution in [0.15, 0.2) is 22.7 Å². The molecule has 0 aromatic heterocycles. The maximum atomic E-state index is 13.8. The average Bonchev–Trinajstić information content (AvgIpc) is 2.29. The van der Waals surface area contributed by atoms with Crippen LogP contribution in [0.4, 0.5) is 4.39 Å². The summed E-state index contributed by atoms with van der Waals surface area (Å²) < 4.78 is 19.3. The average molecular weight is 301 g/mol. The zero-order chi connectivity index (χ0) is 12.9. The van der Waals surface area contributed by atoms with Gasteiger partial charge in [0.25, 0.3) is 0 Å². The quantitative estimate of drug-likeness (QED) is 0.850. The van der Waals surface area contributed by atoms with Gasteiger partial charge >= 0.3 is 0 Å². The van der Waals surface area contributed by atoms with Crippen LogP contribution in [0.25, 0.3) is 0 Å². The number of nitrogens with one attached hydrogen (secondary N) is 1. The summed E-state index contributed by atoms with van der Waals surface area (Å²) in [6.45, 7) is 2.60. The summed E-state index contributed by atoms with van der Waals surface area (Å²) in [7, 11) is 1.58. The van der Waals surface area contributed by atoms with E-state index in [1.807, 2.05) is 0 Å².